The molecule has 0 fully saturated rings. The van der Waals surface area contributed by atoms with Gasteiger partial charge in [-0.15, -0.1) is 11.3 Å². The predicted molar refractivity (Wildman–Crippen MR) is 66.1 cm³/mol. The van der Waals surface area contributed by atoms with E-state index in [1.165, 1.54) is 9.56 Å². The fourth-order valence-corrected chi connectivity index (χ4v) is 3.13. The summed E-state index contributed by atoms with van der Waals surface area (Å²) in [6.07, 6.45) is 1.77. The van der Waals surface area contributed by atoms with Crippen molar-refractivity contribution in [1.29, 1.82) is 0 Å². The van der Waals surface area contributed by atoms with Crippen LogP contribution in [0, 0.1) is 6.92 Å². The lowest BCUT2D eigenvalue weighted by Gasteiger charge is -1.98. The second-order valence-corrected chi connectivity index (χ2v) is 5.22. The van der Waals surface area contributed by atoms with Crippen LogP contribution in [0.5, 0.6) is 0 Å². The van der Waals surface area contributed by atoms with E-state index in [0.29, 0.717) is 0 Å². The van der Waals surface area contributed by atoms with Crippen LogP contribution >= 0.6 is 11.3 Å². The highest BCUT2D eigenvalue weighted by Gasteiger charge is 2.14. The maximum Gasteiger partial charge on any atom is 0.291 e. The van der Waals surface area contributed by atoms with Gasteiger partial charge in [0.15, 0.2) is 0 Å². The Morgan fingerprint density at radius 1 is 1.38 bits per heavy atom. The van der Waals surface area contributed by atoms with Gasteiger partial charge < -0.3 is 4.57 Å². The minimum absolute atomic E-state index is 0.0407. The molecule has 0 bridgehead atoms. The molecule has 0 saturated heterocycles. The summed E-state index contributed by atoms with van der Waals surface area (Å²) < 4.78 is 4.48. The maximum atomic E-state index is 12.0. The van der Waals surface area contributed by atoms with Gasteiger partial charge in [-0.2, -0.15) is 5.10 Å². The third kappa shape index (κ3) is 1.03. The number of thiophene rings is 1. The molecule has 16 heavy (non-hydrogen) atoms. The molecule has 0 spiro atoms. The molecule has 0 unspecified atom stereocenters. The Kier molecular flexibility index (Phi) is 1.77. The summed E-state index contributed by atoms with van der Waals surface area (Å²) >= 11 is 1.71. The van der Waals surface area contributed by atoms with Crippen LogP contribution in [0.3, 0.4) is 0 Å². The summed E-state index contributed by atoms with van der Waals surface area (Å²) in [5.74, 6) is 0. The number of aromatic nitrogens is 3. The highest BCUT2D eigenvalue weighted by atomic mass is 32.1. The zero-order valence-corrected chi connectivity index (χ0v) is 10.1. The Balaban J connectivity index is 2.68. The minimum Gasteiger partial charge on any atom is -0.338 e. The molecule has 3 heterocycles. The number of rotatable bonds is 0. The lowest BCUT2D eigenvalue weighted by molar-refractivity contribution is 0.713. The van der Waals surface area contributed by atoms with Gasteiger partial charge in [-0.25, -0.2) is 4.68 Å². The Hall–Kier alpha value is -1.62. The van der Waals surface area contributed by atoms with Gasteiger partial charge in [-0.3, -0.25) is 4.79 Å². The van der Waals surface area contributed by atoms with Crippen LogP contribution in [-0.2, 0) is 14.1 Å². The predicted octanol–water partition coefficient (Wildman–Crippen LogP) is 1.80. The first-order valence-electron chi connectivity index (χ1n) is 5.00. The van der Waals surface area contributed by atoms with Crippen molar-refractivity contribution in [2.24, 2.45) is 14.1 Å². The lowest BCUT2D eigenvalue weighted by Crippen LogP contribution is -2.20. The molecule has 3 aromatic heterocycles. The number of fused-ring (bicyclic) bond motifs is 3. The molecule has 82 valence electrons. The molecule has 0 aliphatic heterocycles. The molecule has 5 heteroatoms. The van der Waals surface area contributed by atoms with Gasteiger partial charge in [0.2, 0.25) is 0 Å². The van der Waals surface area contributed by atoms with Crippen LogP contribution in [0.2, 0.25) is 0 Å². The molecule has 0 N–H and O–H groups in total. The van der Waals surface area contributed by atoms with E-state index in [2.05, 4.69) is 18.1 Å². The van der Waals surface area contributed by atoms with E-state index >= 15 is 0 Å². The molecule has 0 atom stereocenters. The highest BCUT2D eigenvalue weighted by Crippen LogP contribution is 2.32. The van der Waals surface area contributed by atoms with Crippen LogP contribution in [-0.4, -0.2) is 14.3 Å². The summed E-state index contributed by atoms with van der Waals surface area (Å²) in [4.78, 5) is 13.2. The van der Waals surface area contributed by atoms with E-state index in [1.807, 2.05) is 11.6 Å². The summed E-state index contributed by atoms with van der Waals surface area (Å²) in [7, 11) is 3.60. The fraction of sp³-hybridized carbons (Fsp3) is 0.273. The SMILES string of the molecule is Cc1cc2c(s1)c1cnn(C)c(=O)c1n2C. The molecule has 0 radical (unpaired) electrons. The Morgan fingerprint density at radius 2 is 2.12 bits per heavy atom. The Morgan fingerprint density at radius 3 is 2.88 bits per heavy atom. The van der Waals surface area contributed by atoms with Crippen LogP contribution in [0.15, 0.2) is 17.1 Å². The average molecular weight is 233 g/mol. The summed E-state index contributed by atoms with van der Waals surface area (Å²) in [6, 6.07) is 2.11. The van der Waals surface area contributed by atoms with Crippen LogP contribution in [0.25, 0.3) is 21.1 Å². The van der Waals surface area contributed by atoms with Gasteiger partial charge >= 0.3 is 0 Å². The lowest BCUT2D eigenvalue weighted by atomic mass is 10.3. The Bertz CT molecular complexity index is 763. The number of nitrogens with zero attached hydrogens (tertiary/aromatic N) is 3. The van der Waals surface area contributed by atoms with Gasteiger partial charge in [0.05, 0.1) is 16.4 Å². The summed E-state index contributed by atoms with van der Waals surface area (Å²) in [6.45, 7) is 2.07. The van der Waals surface area contributed by atoms with Crippen LogP contribution in [0.1, 0.15) is 4.88 Å². The quantitative estimate of drug-likeness (QED) is 0.594. The van der Waals surface area contributed by atoms with Gasteiger partial charge in [-0.05, 0) is 13.0 Å². The monoisotopic (exact) mass is 233 g/mol. The van der Waals surface area contributed by atoms with E-state index in [1.54, 1.807) is 24.6 Å². The first kappa shape index (κ1) is 9.59. The van der Waals surface area contributed by atoms with Crippen LogP contribution < -0.4 is 5.56 Å². The van der Waals surface area contributed by atoms with Crippen molar-refractivity contribution >= 4 is 32.5 Å². The highest BCUT2D eigenvalue weighted by molar-refractivity contribution is 7.20. The number of aryl methyl sites for hydroxylation is 3. The number of hydrogen-bond acceptors (Lipinski definition) is 3. The summed E-state index contributed by atoms with van der Waals surface area (Å²) in [5, 5.41) is 5.03. The normalized spacial score (nSPS) is 11.7. The van der Waals surface area contributed by atoms with Gasteiger partial charge in [0.25, 0.3) is 5.56 Å². The van der Waals surface area contributed by atoms with Crippen molar-refractivity contribution in [3.8, 4) is 0 Å². The molecule has 0 aliphatic rings. The maximum absolute atomic E-state index is 12.0. The van der Waals surface area contributed by atoms with Gasteiger partial charge in [-0.1, -0.05) is 0 Å². The van der Waals surface area contributed by atoms with E-state index in [4.69, 9.17) is 0 Å². The van der Waals surface area contributed by atoms with Crippen molar-refractivity contribution < 1.29 is 0 Å². The van der Waals surface area contributed by atoms with E-state index < -0.39 is 0 Å². The van der Waals surface area contributed by atoms with Crippen molar-refractivity contribution in [3.05, 3.63) is 27.5 Å². The molecule has 3 aromatic rings. The van der Waals surface area contributed by atoms with Crippen molar-refractivity contribution in [1.82, 2.24) is 14.3 Å². The van der Waals surface area contributed by atoms with E-state index in [0.717, 1.165) is 21.1 Å². The van der Waals surface area contributed by atoms with Gasteiger partial charge in [0.1, 0.15) is 5.52 Å². The smallest absolute Gasteiger partial charge is 0.291 e. The summed E-state index contributed by atoms with van der Waals surface area (Å²) in [5.41, 5.74) is 1.81. The Labute approximate surface area is 95.7 Å². The standard InChI is InChI=1S/C11H11N3OS/c1-6-4-8-10(16-6)7-5-12-14(3)11(15)9(7)13(8)2/h4-5H,1-3H3. The number of hydrogen-bond donors (Lipinski definition) is 0. The molecular formula is C11H11N3OS. The molecule has 4 nitrogen and oxygen atoms in total. The topological polar surface area (TPSA) is 39.8 Å². The van der Waals surface area contributed by atoms with Crippen molar-refractivity contribution in [3.63, 3.8) is 0 Å². The van der Waals surface area contributed by atoms with Crippen molar-refractivity contribution in [2.75, 3.05) is 0 Å². The largest absolute Gasteiger partial charge is 0.338 e. The molecule has 0 saturated carbocycles. The third-order valence-electron chi connectivity index (χ3n) is 2.89. The molecule has 3 rings (SSSR count). The van der Waals surface area contributed by atoms with Crippen LogP contribution in [0.4, 0.5) is 0 Å². The average Bonchev–Trinajstić information content (AvgIpc) is 2.72. The van der Waals surface area contributed by atoms with Crippen molar-refractivity contribution in [2.45, 2.75) is 6.92 Å². The fourth-order valence-electron chi connectivity index (χ4n) is 2.08. The van der Waals surface area contributed by atoms with E-state index in [9.17, 15) is 4.79 Å². The first-order chi connectivity index (χ1) is 7.59. The second kappa shape index (κ2) is 2.95. The second-order valence-electron chi connectivity index (χ2n) is 3.97. The van der Waals surface area contributed by atoms with E-state index in [-0.39, 0.29) is 5.56 Å². The zero-order chi connectivity index (χ0) is 11.4. The third-order valence-corrected chi connectivity index (χ3v) is 3.96. The van der Waals surface area contributed by atoms with Gasteiger partial charge in [0, 0.05) is 24.4 Å². The molecular weight excluding hydrogens is 222 g/mol. The molecule has 0 amide bonds. The molecule has 0 aliphatic carbocycles. The molecule has 0 aromatic carbocycles. The zero-order valence-electron chi connectivity index (χ0n) is 9.31. The minimum atomic E-state index is -0.0407. The first-order valence-corrected chi connectivity index (χ1v) is 5.82.